The standard InChI is InChI=1S/C12H22N2O2S/c1-2-3-4-5-6-9-7-10(16-11(9)15)8-17-12(13)14/h9-10H,2-8H2,1H3,(H3,13,14)/t9-,10+/m0/s1. The minimum atomic E-state index is -0.0596. The van der Waals surface area contributed by atoms with Gasteiger partial charge >= 0.3 is 5.97 Å². The van der Waals surface area contributed by atoms with E-state index in [1.54, 1.807) is 0 Å². The summed E-state index contributed by atoms with van der Waals surface area (Å²) in [6.45, 7) is 2.18. The van der Waals surface area contributed by atoms with E-state index in [1.807, 2.05) is 0 Å². The summed E-state index contributed by atoms with van der Waals surface area (Å²) in [5.74, 6) is 0.632. The molecule has 0 aliphatic carbocycles. The summed E-state index contributed by atoms with van der Waals surface area (Å²) in [7, 11) is 0. The van der Waals surface area contributed by atoms with Gasteiger partial charge in [0.25, 0.3) is 0 Å². The first-order chi connectivity index (χ1) is 8.13. The van der Waals surface area contributed by atoms with Crippen LogP contribution in [0.5, 0.6) is 0 Å². The van der Waals surface area contributed by atoms with Crippen LogP contribution in [0.2, 0.25) is 0 Å². The molecule has 0 aromatic carbocycles. The molecular formula is C12H22N2O2S. The van der Waals surface area contributed by atoms with Gasteiger partial charge in [-0.15, -0.1) is 0 Å². The molecule has 2 atom stereocenters. The van der Waals surface area contributed by atoms with Gasteiger partial charge in [-0.05, 0) is 12.8 Å². The van der Waals surface area contributed by atoms with E-state index in [1.165, 1.54) is 31.0 Å². The summed E-state index contributed by atoms with van der Waals surface area (Å²) >= 11 is 1.25. The van der Waals surface area contributed by atoms with Crippen LogP contribution in [0.25, 0.3) is 0 Å². The number of carbonyl (C=O) groups excluding carboxylic acids is 1. The highest BCUT2D eigenvalue weighted by molar-refractivity contribution is 8.13. The van der Waals surface area contributed by atoms with Gasteiger partial charge in [-0.3, -0.25) is 10.2 Å². The van der Waals surface area contributed by atoms with Gasteiger partial charge in [-0.1, -0.05) is 44.4 Å². The maximum absolute atomic E-state index is 11.6. The molecule has 1 saturated heterocycles. The fourth-order valence-corrected chi connectivity index (χ4v) is 2.63. The minimum absolute atomic E-state index is 0.0485. The lowest BCUT2D eigenvalue weighted by atomic mass is 9.98. The second kappa shape index (κ2) is 7.58. The molecule has 1 fully saturated rings. The average molecular weight is 258 g/mol. The number of nitrogens with one attached hydrogen (secondary N) is 1. The minimum Gasteiger partial charge on any atom is -0.461 e. The largest absolute Gasteiger partial charge is 0.461 e. The van der Waals surface area contributed by atoms with Crippen molar-refractivity contribution in [3.8, 4) is 0 Å². The van der Waals surface area contributed by atoms with E-state index in [9.17, 15) is 4.79 Å². The molecule has 98 valence electrons. The monoisotopic (exact) mass is 258 g/mol. The normalized spacial score (nSPS) is 23.7. The lowest BCUT2D eigenvalue weighted by Gasteiger charge is -2.06. The number of carbonyl (C=O) groups is 1. The summed E-state index contributed by atoms with van der Waals surface area (Å²) < 4.78 is 5.27. The van der Waals surface area contributed by atoms with Gasteiger partial charge in [0.05, 0.1) is 5.92 Å². The van der Waals surface area contributed by atoms with Crippen LogP contribution in [0.3, 0.4) is 0 Å². The van der Waals surface area contributed by atoms with E-state index in [4.69, 9.17) is 15.9 Å². The van der Waals surface area contributed by atoms with Crippen LogP contribution in [0, 0.1) is 11.3 Å². The predicted molar refractivity (Wildman–Crippen MR) is 71.1 cm³/mol. The van der Waals surface area contributed by atoms with E-state index >= 15 is 0 Å². The Morgan fingerprint density at radius 3 is 2.94 bits per heavy atom. The summed E-state index contributed by atoms with van der Waals surface area (Å²) in [6, 6.07) is 0. The van der Waals surface area contributed by atoms with Crippen molar-refractivity contribution in [3.05, 3.63) is 0 Å². The first-order valence-corrected chi connectivity index (χ1v) is 7.29. The van der Waals surface area contributed by atoms with Crippen LogP contribution in [-0.2, 0) is 9.53 Å². The zero-order valence-corrected chi connectivity index (χ0v) is 11.2. The Morgan fingerprint density at radius 1 is 1.53 bits per heavy atom. The van der Waals surface area contributed by atoms with Crippen LogP contribution in [-0.4, -0.2) is 23.0 Å². The smallest absolute Gasteiger partial charge is 0.309 e. The quantitative estimate of drug-likeness (QED) is 0.318. The highest BCUT2D eigenvalue weighted by Crippen LogP contribution is 2.28. The van der Waals surface area contributed by atoms with E-state index in [0.29, 0.717) is 5.75 Å². The molecule has 5 heteroatoms. The molecule has 0 bridgehead atoms. The zero-order chi connectivity index (χ0) is 12.7. The molecular weight excluding hydrogens is 236 g/mol. The third kappa shape index (κ3) is 5.44. The number of ether oxygens (including phenoxy) is 1. The van der Waals surface area contributed by atoms with Gasteiger partial charge in [0, 0.05) is 5.75 Å². The summed E-state index contributed by atoms with van der Waals surface area (Å²) in [6.07, 6.45) is 6.46. The Hall–Kier alpha value is -0.710. The Balaban J connectivity index is 2.19. The lowest BCUT2D eigenvalue weighted by molar-refractivity contribution is -0.143. The molecule has 1 rings (SSSR count). The number of nitrogens with two attached hydrogens (primary N) is 1. The Labute approximate surface area is 107 Å². The van der Waals surface area contributed by atoms with Crippen molar-refractivity contribution in [2.45, 2.75) is 51.6 Å². The van der Waals surface area contributed by atoms with Crippen LogP contribution < -0.4 is 5.73 Å². The van der Waals surface area contributed by atoms with Crippen molar-refractivity contribution < 1.29 is 9.53 Å². The molecule has 1 aliphatic rings. The predicted octanol–water partition coefficient (Wildman–Crippen LogP) is 2.52. The lowest BCUT2D eigenvalue weighted by Crippen LogP contribution is -2.14. The second-order valence-electron chi connectivity index (χ2n) is 4.52. The first-order valence-electron chi connectivity index (χ1n) is 6.30. The van der Waals surface area contributed by atoms with Gasteiger partial charge in [-0.2, -0.15) is 0 Å². The maximum atomic E-state index is 11.6. The zero-order valence-electron chi connectivity index (χ0n) is 10.4. The molecule has 3 N–H and O–H groups in total. The number of thioether (sulfide) groups is 1. The van der Waals surface area contributed by atoms with Crippen LogP contribution in [0.4, 0.5) is 0 Å². The molecule has 0 aromatic rings. The third-order valence-corrected chi connectivity index (χ3v) is 3.84. The fraction of sp³-hybridized carbons (Fsp3) is 0.833. The topological polar surface area (TPSA) is 76.2 Å². The number of amidine groups is 1. The second-order valence-corrected chi connectivity index (χ2v) is 5.58. The molecule has 1 heterocycles. The number of cyclic esters (lactones) is 1. The summed E-state index contributed by atoms with van der Waals surface area (Å²) in [4.78, 5) is 11.6. The molecule has 0 saturated carbocycles. The van der Waals surface area contributed by atoms with Crippen LogP contribution in [0.1, 0.15) is 45.4 Å². The Kier molecular flexibility index (Phi) is 6.40. The molecule has 0 radical (unpaired) electrons. The van der Waals surface area contributed by atoms with Crippen molar-refractivity contribution in [1.29, 1.82) is 5.41 Å². The number of hydrogen-bond acceptors (Lipinski definition) is 4. The fourth-order valence-electron chi connectivity index (χ4n) is 2.06. The first kappa shape index (κ1) is 14.4. The van der Waals surface area contributed by atoms with Crippen LogP contribution in [0.15, 0.2) is 0 Å². The molecule has 0 aromatic heterocycles. The van der Waals surface area contributed by atoms with Crippen molar-refractivity contribution in [3.63, 3.8) is 0 Å². The van der Waals surface area contributed by atoms with Crippen molar-refractivity contribution >= 4 is 22.9 Å². The molecule has 17 heavy (non-hydrogen) atoms. The van der Waals surface area contributed by atoms with Gasteiger partial charge < -0.3 is 10.5 Å². The average Bonchev–Trinajstić information content (AvgIpc) is 2.63. The van der Waals surface area contributed by atoms with Crippen molar-refractivity contribution in [1.82, 2.24) is 0 Å². The molecule has 0 spiro atoms. The van der Waals surface area contributed by atoms with E-state index in [0.717, 1.165) is 19.3 Å². The third-order valence-electron chi connectivity index (χ3n) is 2.99. The van der Waals surface area contributed by atoms with Gasteiger partial charge in [0.1, 0.15) is 6.10 Å². The number of hydrogen-bond donors (Lipinski definition) is 2. The Bertz CT molecular complexity index is 271. The van der Waals surface area contributed by atoms with Crippen molar-refractivity contribution in [2.75, 3.05) is 5.75 Å². The van der Waals surface area contributed by atoms with E-state index in [-0.39, 0.29) is 23.2 Å². The molecule has 0 unspecified atom stereocenters. The summed E-state index contributed by atoms with van der Waals surface area (Å²) in [5.41, 5.74) is 5.26. The molecule has 0 amide bonds. The molecule has 1 aliphatic heterocycles. The molecule has 4 nitrogen and oxygen atoms in total. The highest BCUT2D eigenvalue weighted by Gasteiger charge is 2.33. The van der Waals surface area contributed by atoms with Crippen molar-refractivity contribution in [2.24, 2.45) is 11.7 Å². The number of rotatable bonds is 7. The number of esters is 1. The van der Waals surface area contributed by atoms with Gasteiger partial charge in [-0.25, -0.2) is 0 Å². The van der Waals surface area contributed by atoms with E-state index in [2.05, 4.69) is 6.92 Å². The van der Waals surface area contributed by atoms with Gasteiger partial charge in [0.15, 0.2) is 5.17 Å². The summed E-state index contributed by atoms with van der Waals surface area (Å²) in [5, 5.41) is 7.21. The Morgan fingerprint density at radius 2 is 2.29 bits per heavy atom. The van der Waals surface area contributed by atoms with Crippen LogP contribution >= 0.6 is 11.8 Å². The maximum Gasteiger partial charge on any atom is 0.309 e. The highest BCUT2D eigenvalue weighted by atomic mass is 32.2. The van der Waals surface area contributed by atoms with E-state index < -0.39 is 0 Å². The SMILES string of the molecule is CCCCCC[C@H]1C[C@H](CSC(=N)N)OC1=O. The number of unbranched alkanes of at least 4 members (excludes halogenated alkanes) is 3. The van der Waals surface area contributed by atoms with Gasteiger partial charge in [0.2, 0.25) is 0 Å².